The van der Waals surface area contributed by atoms with Crippen LogP contribution < -0.4 is 10.2 Å². The van der Waals surface area contributed by atoms with Crippen molar-refractivity contribution in [2.24, 2.45) is 0 Å². The maximum Gasteiger partial charge on any atom is 0.151 e. The van der Waals surface area contributed by atoms with Crippen LogP contribution in [0.3, 0.4) is 0 Å². The standard InChI is InChI=1S/C14H25N5/c1-4-18-7-9-19(10-8-18)14-6-5-13(16-17-14)11-15-12(2)3/h5-6,12,15H,4,7-11H2,1-3H3. The van der Waals surface area contributed by atoms with Crippen molar-refractivity contribution >= 4 is 5.82 Å². The number of rotatable bonds is 5. The van der Waals surface area contributed by atoms with E-state index in [1.165, 1.54) is 0 Å². The Labute approximate surface area is 116 Å². The van der Waals surface area contributed by atoms with E-state index in [-0.39, 0.29) is 0 Å². The predicted octanol–water partition coefficient (Wildman–Crippen LogP) is 1.12. The third-order valence-corrected chi connectivity index (χ3v) is 3.54. The molecule has 106 valence electrons. The average molecular weight is 263 g/mol. The molecular weight excluding hydrogens is 238 g/mol. The van der Waals surface area contributed by atoms with Crippen molar-refractivity contribution in [3.8, 4) is 0 Å². The van der Waals surface area contributed by atoms with Gasteiger partial charge in [0.15, 0.2) is 5.82 Å². The number of hydrogen-bond donors (Lipinski definition) is 1. The van der Waals surface area contributed by atoms with E-state index in [2.05, 4.69) is 58.2 Å². The van der Waals surface area contributed by atoms with Crippen LogP contribution in [0.15, 0.2) is 12.1 Å². The summed E-state index contributed by atoms with van der Waals surface area (Å²) >= 11 is 0. The Morgan fingerprint density at radius 1 is 1.16 bits per heavy atom. The number of likely N-dealkylation sites (N-methyl/N-ethyl adjacent to an activating group) is 1. The van der Waals surface area contributed by atoms with Crippen LogP contribution in [0.5, 0.6) is 0 Å². The highest BCUT2D eigenvalue weighted by atomic mass is 15.3. The summed E-state index contributed by atoms with van der Waals surface area (Å²) in [6, 6.07) is 4.64. The highest BCUT2D eigenvalue weighted by molar-refractivity contribution is 5.37. The normalized spacial score (nSPS) is 17.2. The Kier molecular flexibility index (Phi) is 5.10. The fraction of sp³-hybridized carbons (Fsp3) is 0.714. The fourth-order valence-electron chi connectivity index (χ4n) is 2.22. The zero-order chi connectivity index (χ0) is 13.7. The molecule has 0 spiro atoms. The van der Waals surface area contributed by atoms with Crippen molar-refractivity contribution in [2.75, 3.05) is 37.6 Å². The fourth-order valence-corrected chi connectivity index (χ4v) is 2.22. The molecule has 0 bridgehead atoms. The van der Waals surface area contributed by atoms with Crippen molar-refractivity contribution in [1.29, 1.82) is 0 Å². The van der Waals surface area contributed by atoms with Crippen LogP contribution in [-0.2, 0) is 6.54 Å². The molecule has 5 nitrogen and oxygen atoms in total. The van der Waals surface area contributed by atoms with Gasteiger partial charge in [-0.15, -0.1) is 5.10 Å². The van der Waals surface area contributed by atoms with Crippen molar-refractivity contribution in [3.63, 3.8) is 0 Å². The SMILES string of the molecule is CCN1CCN(c2ccc(CNC(C)C)nn2)CC1. The highest BCUT2D eigenvalue weighted by Gasteiger charge is 2.16. The van der Waals surface area contributed by atoms with Gasteiger partial charge in [-0.05, 0) is 18.7 Å². The maximum absolute atomic E-state index is 4.35. The zero-order valence-electron chi connectivity index (χ0n) is 12.3. The molecule has 0 unspecified atom stereocenters. The van der Waals surface area contributed by atoms with Crippen molar-refractivity contribution in [1.82, 2.24) is 20.4 Å². The van der Waals surface area contributed by atoms with E-state index in [1.54, 1.807) is 0 Å². The zero-order valence-corrected chi connectivity index (χ0v) is 12.3. The summed E-state index contributed by atoms with van der Waals surface area (Å²) in [7, 11) is 0. The molecule has 0 atom stereocenters. The van der Waals surface area contributed by atoms with Gasteiger partial charge < -0.3 is 15.1 Å². The summed E-state index contributed by atoms with van der Waals surface area (Å²) in [5.74, 6) is 1.00. The highest BCUT2D eigenvalue weighted by Crippen LogP contribution is 2.12. The summed E-state index contributed by atoms with van der Waals surface area (Å²) in [5, 5.41) is 12.0. The van der Waals surface area contributed by atoms with E-state index in [1.807, 2.05) is 0 Å². The Morgan fingerprint density at radius 2 is 1.89 bits per heavy atom. The molecule has 19 heavy (non-hydrogen) atoms. The van der Waals surface area contributed by atoms with Crippen LogP contribution in [0.2, 0.25) is 0 Å². The maximum atomic E-state index is 4.35. The van der Waals surface area contributed by atoms with Crippen molar-refractivity contribution in [3.05, 3.63) is 17.8 Å². The lowest BCUT2D eigenvalue weighted by atomic mass is 10.3. The van der Waals surface area contributed by atoms with E-state index in [0.29, 0.717) is 6.04 Å². The Bertz CT molecular complexity index is 368. The van der Waals surface area contributed by atoms with E-state index in [9.17, 15) is 0 Å². The van der Waals surface area contributed by atoms with Crippen molar-refractivity contribution in [2.45, 2.75) is 33.4 Å². The second-order valence-electron chi connectivity index (χ2n) is 5.34. The number of aromatic nitrogens is 2. The number of nitrogens with one attached hydrogen (secondary N) is 1. The molecule has 0 amide bonds. The molecule has 2 heterocycles. The summed E-state index contributed by atoms with van der Waals surface area (Å²) < 4.78 is 0. The van der Waals surface area contributed by atoms with Gasteiger partial charge >= 0.3 is 0 Å². The molecule has 1 saturated heterocycles. The summed E-state index contributed by atoms with van der Waals surface area (Å²) in [6.45, 7) is 12.7. The minimum absolute atomic E-state index is 0.476. The van der Waals surface area contributed by atoms with Crippen LogP contribution >= 0.6 is 0 Å². The third-order valence-electron chi connectivity index (χ3n) is 3.54. The summed E-state index contributed by atoms with van der Waals surface area (Å²) in [4.78, 5) is 4.78. The molecule has 2 rings (SSSR count). The van der Waals surface area contributed by atoms with Crippen LogP contribution in [0.25, 0.3) is 0 Å². The van der Waals surface area contributed by atoms with Gasteiger partial charge in [0, 0.05) is 38.8 Å². The Morgan fingerprint density at radius 3 is 2.42 bits per heavy atom. The summed E-state index contributed by atoms with van der Waals surface area (Å²) in [6.07, 6.45) is 0. The number of piperazine rings is 1. The van der Waals surface area contributed by atoms with Crippen LogP contribution in [0, 0.1) is 0 Å². The molecule has 5 heteroatoms. The second-order valence-corrected chi connectivity index (χ2v) is 5.34. The first-order valence-corrected chi connectivity index (χ1v) is 7.22. The molecule has 1 aliphatic heterocycles. The van der Waals surface area contributed by atoms with Gasteiger partial charge in [0.2, 0.25) is 0 Å². The average Bonchev–Trinajstić information content (AvgIpc) is 2.46. The smallest absolute Gasteiger partial charge is 0.151 e. The van der Waals surface area contributed by atoms with Gasteiger partial charge in [0.05, 0.1) is 5.69 Å². The Balaban J connectivity index is 1.88. The first-order chi connectivity index (χ1) is 9.19. The van der Waals surface area contributed by atoms with Gasteiger partial charge in [0.1, 0.15) is 0 Å². The quantitative estimate of drug-likeness (QED) is 0.862. The minimum Gasteiger partial charge on any atom is -0.353 e. The van der Waals surface area contributed by atoms with Crippen LogP contribution in [0.4, 0.5) is 5.82 Å². The van der Waals surface area contributed by atoms with E-state index >= 15 is 0 Å². The summed E-state index contributed by atoms with van der Waals surface area (Å²) in [5.41, 5.74) is 1.00. The van der Waals surface area contributed by atoms with Gasteiger partial charge in [-0.25, -0.2) is 0 Å². The molecule has 0 saturated carbocycles. The lowest BCUT2D eigenvalue weighted by molar-refractivity contribution is 0.270. The molecule has 1 N–H and O–H groups in total. The first-order valence-electron chi connectivity index (χ1n) is 7.22. The number of nitrogens with zero attached hydrogens (tertiary/aromatic N) is 4. The largest absolute Gasteiger partial charge is 0.353 e. The van der Waals surface area contributed by atoms with Crippen molar-refractivity contribution < 1.29 is 0 Å². The lowest BCUT2D eigenvalue weighted by Crippen LogP contribution is -2.46. The third kappa shape index (κ3) is 4.14. The van der Waals surface area contributed by atoms with Crippen LogP contribution in [-0.4, -0.2) is 53.9 Å². The molecule has 1 aromatic rings. The molecule has 0 radical (unpaired) electrons. The molecule has 0 aromatic carbocycles. The van der Waals surface area contributed by atoms with Gasteiger partial charge in [-0.3, -0.25) is 0 Å². The van der Waals surface area contributed by atoms with Gasteiger partial charge in [-0.2, -0.15) is 5.10 Å². The molecule has 1 aliphatic rings. The molecule has 1 fully saturated rings. The van der Waals surface area contributed by atoms with E-state index < -0.39 is 0 Å². The number of hydrogen-bond acceptors (Lipinski definition) is 5. The van der Waals surface area contributed by atoms with E-state index in [4.69, 9.17) is 0 Å². The Hall–Kier alpha value is -1.20. The van der Waals surface area contributed by atoms with E-state index in [0.717, 1.165) is 50.8 Å². The first kappa shape index (κ1) is 14.2. The molecule has 1 aromatic heterocycles. The van der Waals surface area contributed by atoms with Gasteiger partial charge in [-0.1, -0.05) is 20.8 Å². The van der Waals surface area contributed by atoms with Crippen LogP contribution in [0.1, 0.15) is 26.5 Å². The molecule has 0 aliphatic carbocycles. The monoisotopic (exact) mass is 263 g/mol. The number of anilines is 1. The predicted molar refractivity (Wildman–Crippen MR) is 78.3 cm³/mol. The topological polar surface area (TPSA) is 44.3 Å². The molecular formula is C14H25N5. The van der Waals surface area contributed by atoms with Gasteiger partial charge in [0.25, 0.3) is 0 Å². The minimum atomic E-state index is 0.476. The lowest BCUT2D eigenvalue weighted by Gasteiger charge is -2.34. The second kappa shape index (κ2) is 6.82.